The molecule has 0 aliphatic heterocycles. The Bertz CT molecular complexity index is 699. The zero-order chi connectivity index (χ0) is 14.8. The summed E-state index contributed by atoms with van der Waals surface area (Å²) in [5.41, 5.74) is 14.8. The van der Waals surface area contributed by atoms with Gasteiger partial charge in [-0.1, -0.05) is 0 Å². The second-order valence-corrected chi connectivity index (χ2v) is 5.14. The first kappa shape index (κ1) is 13.4. The second-order valence-electron chi connectivity index (χ2n) is 5.14. The molecule has 0 fully saturated rings. The Kier molecular flexibility index (Phi) is 3.43. The van der Waals surface area contributed by atoms with E-state index >= 15 is 0 Å². The molecule has 6 nitrogen and oxygen atoms in total. The summed E-state index contributed by atoms with van der Waals surface area (Å²) in [6, 6.07) is 5.84. The van der Waals surface area contributed by atoms with E-state index in [1.165, 1.54) is 0 Å². The van der Waals surface area contributed by atoms with Gasteiger partial charge in [0.1, 0.15) is 5.76 Å². The molecular weight excluding hydrogens is 266 g/mol. The van der Waals surface area contributed by atoms with Crippen LogP contribution in [0.5, 0.6) is 0 Å². The summed E-state index contributed by atoms with van der Waals surface area (Å²) in [6.07, 6.45) is 5.05. The maximum atomic E-state index is 5.52. The monoisotopic (exact) mass is 283 g/mol. The van der Waals surface area contributed by atoms with Crippen molar-refractivity contribution in [2.75, 3.05) is 0 Å². The molecule has 1 unspecified atom stereocenters. The Morgan fingerprint density at radius 1 is 1.33 bits per heavy atom. The number of hydrogen-bond acceptors (Lipinski definition) is 4. The smallest absolute Gasteiger partial charge is 0.211 e. The molecule has 0 radical (unpaired) electrons. The Hall–Kier alpha value is -2.63. The maximum Gasteiger partial charge on any atom is 0.211 e. The van der Waals surface area contributed by atoms with Crippen molar-refractivity contribution in [2.45, 2.75) is 25.7 Å². The van der Waals surface area contributed by atoms with Crippen LogP contribution in [-0.2, 0) is 6.42 Å². The average molecular weight is 283 g/mol. The molecule has 2 heterocycles. The van der Waals surface area contributed by atoms with Crippen LogP contribution in [-0.4, -0.2) is 16.7 Å². The molecule has 2 aromatic rings. The lowest BCUT2D eigenvalue weighted by molar-refractivity contribution is 0.458. The van der Waals surface area contributed by atoms with E-state index in [-0.39, 0.29) is 11.9 Å². The van der Waals surface area contributed by atoms with Gasteiger partial charge in [0, 0.05) is 30.5 Å². The summed E-state index contributed by atoms with van der Waals surface area (Å²) in [5.74, 6) is 1.09. The van der Waals surface area contributed by atoms with Crippen molar-refractivity contribution in [3.63, 3.8) is 0 Å². The Balaban J connectivity index is 2.06. The van der Waals surface area contributed by atoms with Crippen LogP contribution in [0.2, 0.25) is 0 Å². The van der Waals surface area contributed by atoms with Crippen molar-refractivity contribution < 1.29 is 4.42 Å². The average Bonchev–Trinajstić information content (AvgIpc) is 2.98. The first-order valence-electron chi connectivity index (χ1n) is 6.79. The molecule has 1 atom stereocenters. The van der Waals surface area contributed by atoms with E-state index in [9.17, 15) is 0 Å². The summed E-state index contributed by atoms with van der Waals surface area (Å²) in [5, 5.41) is 8.02. The number of furan rings is 1. The van der Waals surface area contributed by atoms with Gasteiger partial charge >= 0.3 is 0 Å². The van der Waals surface area contributed by atoms with E-state index in [0.717, 1.165) is 41.1 Å². The summed E-state index contributed by atoms with van der Waals surface area (Å²) in [4.78, 5) is 4.48. The van der Waals surface area contributed by atoms with Crippen molar-refractivity contribution in [1.82, 2.24) is 4.98 Å². The lowest BCUT2D eigenvalue weighted by atomic mass is 9.82. The molecule has 0 spiro atoms. The van der Waals surface area contributed by atoms with Gasteiger partial charge in [-0.05, 0) is 30.7 Å². The Morgan fingerprint density at radius 3 is 2.90 bits per heavy atom. The zero-order valence-electron chi connectivity index (χ0n) is 11.8. The first-order chi connectivity index (χ1) is 10.1. The van der Waals surface area contributed by atoms with E-state index in [1.54, 1.807) is 6.26 Å². The quantitative estimate of drug-likeness (QED) is 0.497. The highest BCUT2D eigenvalue weighted by molar-refractivity contribution is 6.04. The van der Waals surface area contributed by atoms with Gasteiger partial charge in [-0.3, -0.25) is 4.98 Å². The Morgan fingerprint density at radius 2 is 2.19 bits per heavy atom. The molecule has 21 heavy (non-hydrogen) atoms. The van der Waals surface area contributed by atoms with E-state index < -0.39 is 0 Å². The second kappa shape index (κ2) is 5.40. The van der Waals surface area contributed by atoms with Gasteiger partial charge in [0.25, 0.3) is 0 Å². The SMILES string of the molecule is Cc1ccnc2c1/C(=N/N=C(N)N)CC(c1ccco1)C2. The lowest BCUT2D eigenvalue weighted by Crippen LogP contribution is -2.24. The van der Waals surface area contributed by atoms with Gasteiger partial charge in [0.05, 0.1) is 17.7 Å². The minimum atomic E-state index is -0.0503. The number of nitrogens with two attached hydrogens (primary N) is 2. The number of aryl methyl sites for hydroxylation is 1. The number of rotatable bonds is 2. The molecule has 1 aliphatic carbocycles. The predicted molar refractivity (Wildman–Crippen MR) is 81.1 cm³/mol. The number of pyridine rings is 1. The largest absolute Gasteiger partial charge is 0.469 e. The van der Waals surface area contributed by atoms with Crippen molar-refractivity contribution in [3.8, 4) is 0 Å². The van der Waals surface area contributed by atoms with Crippen LogP contribution in [0.4, 0.5) is 0 Å². The standard InChI is InChI=1S/C15H17N5O/c1-9-4-5-18-11-7-10(13-3-2-6-21-13)8-12(14(9)11)19-20-15(16)17/h2-6,10H,7-8H2,1H3,(H4,16,17,20)/b19-12+. The molecule has 0 bridgehead atoms. The number of fused-ring (bicyclic) bond motifs is 1. The summed E-state index contributed by atoms with van der Waals surface area (Å²) >= 11 is 0. The molecule has 4 N–H and O–H groups in total. The molecular formula is C15H17N5O. The third-order valence-electron chi connectivity index (χ3n) is 3.64. The predicted octanol–water partition coefficient (Wildman–Crippen LogP) is 1.69. The van der Waals surface area contributed by atoms with Crippen LogP contribution in [0.1, 0.15) is 34.9 Å². The van der Waals surface area contributed by atoms with Gasteiger partial charge in [-0.25, -0.2) is 0 Å². The van der Waals surface area contributed by atoms with Gasteiger partial charge in [-0.2, -0.15) is 5.10 Å². The number of hydrogen-bond donors (Lipinski definition) is 2. The van der Waals surface area contributed by atoms with Crippen LogP contribution in [0, 0.1) is 6.92 Å². The topological polar surface area (TPSA) is 103 Å². The number of guanidine groups is 1. The molecule has 1 aliphatic rings. The molecule has 3 rings (SSSR count). The van der Waals surface area contributed by atoms with Gasteiger partial charge < -0.3 is 15.9 Å². The van der Waals surface area contributed by atoms with Crippen LogP contribution >= 0.6 is 0 Å². The fourth-order valence-electron chi connectivity index (χ4n) is 2.74. The zero-order valence-corrected chi connectivity index (χ0v) is 11.8. The third-order valence-corrected chi connectivity index (χ3v) is 3.64. The van der Waals surface area contributed by atoms with Crippen LogP contribution in [0.3, 0.4) is 0 Å². The van der Waals surface area contributed by atoms with Crippen molar-refractivity contribution in [1.29, 1.82) is 0 Å². The normalized spacial score (nSPS) is 19.3. The minimum Gasteiger partial charge on any atom is -0.469 e. The van der Waals surface area contributed by atoms with Crippen molar-refractivity contribution in [3.05, 3.63) is 53.2 Å². The minimum absolute atomic E-state index is 0.0503. The maximum absolute atomic E-state index is 5.52. The third kappa shape index (κ3) is 2.65. The molecule has 0 amide bonds. The summed E-state index contributed by atoms with van der Waals surface area (Å²) in [6.45, 7) is 2.04. The highest BCUT2D eigenvalue weighted by Gasteiger charge is 2.28. The van der Waals surface area contributed by atoms with E-state index in [4.69, 9.17) is 15.9 Å². The van der Waals surface area contributed by atoms with Gasteiger partial charge in [0.15, 0.2) is 0 Å². The summed E-state index contributed by atoms with van der Waals surface area (Å²) in [7, 11) is 0. The van der Waals surface area contributed by atoms with Crippen LogP contribution in [0.15, 0.2) is 45.3 Å². The van der Waals surface area contributed by atoms with Gasteiger partial charge in [-0.15, -0.1) is 5.10 Å². The lowest BCUT2D eigenvalue weighted by Gasteiger charge is -2.24. The fourth-order valence-corrected chi connectivity index (χ4v) is 2.74. The van der Waals surface area contributed by atoms with Crippen LogP contribution in [0.25, 0.3) is 0 Å². The van der Waals surface area contributed by atoms with E-state index in [0.29, 0.717) is 0 Å². The molecule has 6 heteroatoms. The van der Waals surface area contributed by atoms with E-state index in [2.05, 4.69) is 15.2 Å². The Labute approximate surface area is 122 Å². The highest BCUT2D eigenvalue weighted by Crippen LogP contribution is 2.33. The molecule has 0 saturated heterocycles. The van der Waals surface area contributed by atoms with Crippen LogP contribution < -0.4 is 11.5 Å². The molecule has 2 aromatic heterocycles. The first-order valence-corrected chi connectivity index (χ1v) is 6.79. The summed E-state index contributed by atoms with van der Waals surface area (Å²) < 4.78 is 5.52. The van der Waals surface area contributed by atoms with Gasteiger partial charge in [0.2, 0.25) is 5.96 Å². The number of nitrogens with zero attached hydrogens (tertiary/aromatic N) is 3. The fraction of sp³-hybridized carbons (Fsp3) is 0.267. The highest BCUT2D eigenvalue weighted by atomic mass is 16.3. The van der Waals surface area contributed by atoms with Crippen molar-refractivity contribution >= 4 is 11.7 Å². The van der Waals surface area contributed by atoms with Crippen molar-refractivity contribution in [2.24, 2.45) is 21.7 Å². The number of aromatic nitrogens is 1. The van der Waals surface area contributed by atoms with E-state index in [1.807, 2.05) is 31.3 Å². The molecule has 0 aromatic carbocycles. The molecule has 108 valence electrons. The molecule has 0 saturated carbocycles.